The summed E-state index contributed by atoms with van der Waals surface area (Å²) >= 11 is 0. The molecule has 0 bridgehead atoms. The van der Waals surface area contributed by atoms with Gasteiger partial charge in [0.2, 0.25) is 0 Å². The van der Waals surface area contributed by atoms with E-state index in [1.165, 1.54) is 11.1 Å². The summed E-state index contributed by atoms with van der Waals surface area (Å²) in [4.78, 5) is 0. The largest absolute Gasteiger partial charge is 0.468 e. The molecule has 3 heteroatoms. The summed E-state index contributed by atoms with van der Waals surface area (Å²) in [6.45, 7) is 2.09. The third-order valence-electron chi connectivity index (χ3n) is 2.93. The zero-order chi connectivity index (χ0) is 12.1. The molecule has 0 aliphatic rings. The molecule has 90 valence electrons. The van der Waals surface area contributed by atoms with E-state index in [1.807, 2.05) is 12.1 Å². The standard InChI is InChI=1S/C14H18N2O/c1-11-4-6-12(7-5-11)8-9-13(16-15)14-3-2-10-17-14/h2-7,10,13,16H,8-9,15H2,1H3. The van der Waals surface area contributed by atoms with E-state index in [9.17, 15) is 0 Å². The van der Waals surface area contributed by atoms with Crippen LogP contribution in [0.3, 0.4) is 0 Å². The third-order valence-corrected chi connectivity index (χ3v) is 2.93. The van der Waals surface area contributed by atoms with Gasteiger partial charge in [0.1, 0.15) is 5.76 Å². The van der Waals surface area contributed by atoms with Gasteiger partial charge in [-0.25, -0.2) is 5.43 Å². The monoisotopic (exact) mass is 230 g/mol. The number of furan rings is 1. The highest BCUT2D eigenvalue weighted by molar-refractivity contribution is 5.21. The molecule has 0 radical (unpaired) electrons. The van der Waals surface area contributed by atoms with E-state index in [0.29, 0.717) is 0 Å². The van der Waals surface area contributed by atoms with Crippen LogP contribution in [0, 0.1) is 6.92 Å². The SMILES string of the molecule is Cc1ccc(CCC(NN)c2ccco2)cc1. The van der Waals surface area contributed by atoms with E-state index in [0.717, 1.165) is 18.6 Å². The molecule has 2 rings (SSSR count). The lowest BCUT2D eigenvalue weighted by molar-refractivity contribution is 0.401. The summed E-state index contributed by atoms with van der Waals surface area (Å²) in [6.07, 6.45) is 3.58. The Labute approximate surface area is 102 Å². The van der Waals surface area contributed by atoms with Crippen molar-refractivity contribution in [2.45, 2.75) is 25.8 Å². The van der Waals surface area contributed by atoms with E-state index < -0.39 is 0 Å². The molecule has 1 aromatic carbocycles. The van der Waals surface area contributed by atoms with Crippen molar-refractivity contribution in [3.63, 3.8) is 0 Å². The molecule has 17 heavy (non-hydrogen) atoms. The van der Waals surface area contributed by atoms with Crippen LogP contribution in [0.25, 0.3) is 0 Å². The molecule has 0 aliphatic carbocycles. The molecule has 1 atom stereocenters. The van der Waals surface area contributed by atoms with Gasteiger partial charge in [-0.1, -0.05) is 29.8 Å². The van der Waals surface area contributed by atoms with Crippen LogP contribution in [0.5, 0.6) is 0 Å². The Balaban J connectivity index is 1.94. The first-order chi connectivity index (χ1) is 8.29. The number of hydrogen-bond acceptors (Lipinski definition) is 3. The maximum absolute atomic E-state index is 5.54. The summed E-state index contributed by atoms with van der Waals surface area (Å²) in [5.74, 6) is 6.43. The van der Waals surface area contributed by atoms with Gasteiger partial charge in [0.05, 0.1) is 12.3 Å². The van der Waals surface area contributed by atoms with Crippen molar-refractivity contribution in [3.05, 3.63) is 59.5 Å². The minimum atomic E-state index is 0.0753. The van der Waals surface area contributed by atoms with Crippen LogP contribution in [0.15, 0.2) is 47.1 Å². The van der Waals surface area contributed by atoms with Crippen molar-refractivity contribution in [1.82, 2.24) is 5.43 Å². The predicted octanol–water partition coefficient (Wildman–Crippen LogP) is 2.73. The number of rotatable bonds is 5. The summed E-state index contributed by atoms with van der Waals surface area (Å²) in [6, 6.07) is 12.5. The fraction of sp³-hybridized carbons (Fsp3) is 0.286. The Morgan fingerprint density at radius 1 is 1.24 bits per heavy atom. The molecule has 2 aromatic rings. The smallest absolute Gasteiger partial charge is 0.122 e. The van der Waals surface area contributed by atoms with Gasteiger partial charge in [0.25, 0.3) is 0 Å². The first-order valence-corrected chi connectivity index (χ1v) is 5.84. The number of aryl methyl sites for hydroxylation is 2. The quantitative estimate of drug-likeness (QED) is 0.613. The van der Waals surface area contributed by atoms with Gasteiger partial charge in [-0.05, 0) is 37.5 Å². The van der Waals surface area contributed by atoms with Crippen LogP contribution in [0.4, 0.5) is 0 Å². The molecule has 0 aliphatic heterocycles. The fourth-order valence-electron chi connectivity index (χ4n) is 1.86. The van der Waals surface area contributed by atoms with E-state index in [1.54, 1.807) is 6.26 Å². The van der Waals surface area contributed by atoms with Crippen molar-refractivity contribution in [2.24, 2.45) is 5.84 Å². The molecule has 1 aromatic heterocycles. The highest BCUT2D eigenvalue weighted by Crippen LogP contribution is 2.18. The maximum atomic E-state index is 5.54. The van der Waals surface area contributed by atoms with Crippen LogP contribution in [0.1, 0.15) is 29.3 Å². The second kappa shape index (κ2) is 5.66. The number of nitrogens with two attached hydrogens (primary N) is 1. The van der Waals surface area contributed by atoms with Crippen molar-refractivity contribution in [1.29, 1.82) is 0 Å². The highest BCUT2D eigenvalue weighted by atomic mass is 16.3. The molecular weight excluding hydrogens is 212 g/mol. The molecule has 0 amide bonds. The molecule has 0 saturated heterocycles. The van der Waals surface area contributed by atoms with Crippen molar-refractivity contribution in [2.75, 3.05) is 0 Å². The number of hydrazine groups is 1. The van der Waals surface area contributed by atoms with Crippen molar-refractivity contribution in [3.8, 4) is 0 Å². The van der Waals surface area contributed by atoms with E-state index >= 15 is 0 Å². The lowest BCUT2D eigenvalue weighted by Gasteiger charge is -2.13. The Hall–Kier alpha value is -1.58. The topological polar surface area (TPSA) is 51.2 Å². The molecule has 1 unspecified atom stereocenters. The highest BCUT2D eigenvalue weighted by Gasteiger charge is 2.11. The Morgan fingerprint density at radius 3 is 2.59 bits per heavy atom. The van der Waals surface area contributed by atoms with E-state index in [-0.39, 0.29) is 6.04 Å². The van der Waals surface area contributed by atoms with Crippen LogP contribution in [-0.2, 0) is 6.42 Å². The molecule has 0 saturated carbocycles. The second-order valence-corrected chi connectivity index (χ2v) is 4.26. The zero-order valence-corrected chi connectivity index (χ0v) is 10.0. The van der Waals surface area contributed by atoms with Gasteiger partial charge in [-0.3, -0.25) is 5.84 Å². The minimum absolute atomic E-state index is 0.0753. The van der Waals surface area contributed by atoms with Crippen LogP contribution >= 0.6 is 0 Å². The lowest BCUT2D eigenvalue weighted by Crippen LogP contribution is -2.28. The average molecular weight is 230 g/mol. The van der Waals surface area contributed by atoms with Gasteiger partial charge in [-0.2, -0.15) is 0 Å². The zero-order valence-electron chi connectivity index (χ0n) is 10.0. The van der Waals surface area contributed by atoms with E-state index in [2.05, 4.69) is 36.6 Å². The predicted molar refractivity (Wildman–Crippen MR) is 68.3 cm³/mol. The summed E-state index contributed by atoms with van der Waals surface area (Å²) in [7, 11) is 0. The first kappa shape index (κ1) is 11.9. The lowest BCUT2D eigenvalue weighted by atomic mass is 10.0. The summed E-state index contributed by atoms with van der Waals surface area (Å²) < 4.78 is 5.35. The fourth-order valence-corrected chi connectivity index (χ4v) is 1.86. The van der Waals surface area contributed by atoms with Gasteiger partial charge in [-0.15, -0.1) is 0 Å². The second-order valence-electron chi connectivity index (χ2n) is 4.26. The first-order valence-electron chi connectivity index (χ1n) is 5.84. The number of hydrogen-bond donors (Lipinski definition) is 2. The normalized spacial score (nSPS) is 12.6. The summed E-state index contributed by atoms with van der Waals surface area (Å²) in [5, 5.41) is 0. The molecule has 3 nitrogen and oxygen atoms in total. The van der Waals surface area contributed by atoms with Crippen LogP contribution in [0.2, 0.25) is 0 Å². The van der Waals surface area contributed by atoms with Crippen molar-refractivity contribution < 1.29 is 4.42 Å². The average Bonchev–Trinajstić information content (AvgIpc) is 2.86. The number of benzene rings is 1. The summed E-state index contributed by atoms with van der Waals surface area (Å²) in [5.41, 5.74) is 5.40. The Morgan fingerprint density at radius 2 is 2.00 bits per heavy atom. The minimum Gasteiger partial charge on any atom is -0.468 e. The Bertz CT molecular complexity index is 434. The number of nitrogens with one attached hydrogen (secondary N) is 1. The van der Waals surface area contributed by atoms with Gasteiger partial charge < -0.3 is 4.42 Å². The van der Waals surface area contributed by atoms with E-state index in [4.69, 9.17) is 10.3 Å². The maximum Gasteiger partial charge on any atom is 0.122 e. The molecule has 3 N–H and O–H groups in total. The Kier molecular flexibility index (Phi) is 3.96. The van der Waals surface area contributed by atoms with Gasteiger partial charge >= 0.3 is 0 Å². The van der Waals surface area contributed by atoms with Crippen LogP contribution in [-0.4, -0.2) is 0 Å². The van der Waals surface area contributed by atoms with Crippen LogP contribution < -0.4 is 11.3 Å². The molecular formula is C14H18N2O. The molecule has 0 fully saturated rings. The van der Waals surface area contributed by atoms with Gasteiger partial charge in [0, 0.05) is 0 Å². The molecule has 0 spiro atoms. The third kappa shape index (κ3) is 3.19. The van der Waals surface area contributed by atoms with Gasteiger partial charge in [0.15, 0.2) is 0 Å². The molecule has 1 heterocycles. The van der Waals surface area contributed by atoms with Crippen molar-refractivity contribution >= 4 is 0 Å².